The number of rotatable bonds is 4. The molecular formula is C13H12FN3O4S. The summed E-state index contributed by atoms with van der Waals surface area (Å²) < 4.78 is 39.5. The van der Waals surface area contributed by atoms with E-state index < -0.39 is 21.9 Å². The van der Waals surface area contributed by atoms with E-state index in [9.17, 15) is 17.1 Å². The maximum Gasteiger partial charge on any atom is 0.325 e. The minimum atomic E-state index is -4.62. The van der Waals surface area contributed by atoms with Gasteiger partial charge < -0.3 is 4.42 Å². The van der Waals surface area contributed by atoms with Crippen LogP contribution in [0.5, 0.6) is 0 Å². The van der Waals surface area contributed by atoms with E-state index in [4.69, 9.17) is 4.42 Å². The molecule has 116 valence electrons. The molecule has 1 atom stereocenters. The Morgan fingerprint density at radius 1 is 1.27 bits per heavy atom. The van der Waals surface area contributed by atoms with Gasteiger partial charge in [0.2, 0.25) is 11.8 Å². The van der Waals surface area contributed by atoms with Crippen LogP contribution in [0.15, 0.2) is 34.7 Å². The highest BCUT2D eigenvalue weighted by Gasteiger charge is 2.36. The highest BCUT2D eigenvalue weighted by molar-refractivity contribution is 7.86. The van der Waals surface area contributed by atoms with Crippen LogP contribution in [0, 0.1) is 5.92 Å². The first-order valence-corrected chi connectivity index (χ1v) is 8.09. The molecule has 9 heteroatoms. The van der Waals surface area contributed by atoms with Crippen molar-refractivity contribution in [1.29, 1.82) is 0 Å². The first kappa shape index (κ1) is 14.6. The molecule has 0 radical (unpaired) electrons. The Kier molecular flexibility index (Phi) is 3.65. The van der Waals surface area contributed by atoms with Gasteiger partial charge in [-0.2, -0.15) is 8.42 Å². The number of halogens is 1. The van der Waals surface area contributed by atoms with E-state index in [1.807, 2.05) is 18.2 Å². The number of hydrogen-bond donors (Lipinski definition) is 0. The molecule has 1 amide bonds. The van der Waals surface area contributed by atoms with Gasteiger partial charge in [0.25, 0.3) is 0 Å². The van der Waals surface area contributed by atoms with Crippen LogP contribution in [-0.2, 0) is 15.0 Å². The van der Waals surface area contributed by atoms with Crippen LogP contribution in [0.4, 0.5) is 9.90 Å². The van der Waals surface area contributed by atoms with Gasteiger partial charge in [-0.05, 0) is 12.1 Å². The maximum absolute atomic E-state index is 12.7. The van der Waals surface area contributed by atoms with Crippen molar-refractivity contribution in [3.8, 4) is 11.5 Å². The number of benzene rings is 1. The van der Waals surface area contributed by atoms with E-state index in [2.05, 4.69) is 10.2 Å². The van der Waals surface area contributed by atoms with Crippen molar-refractivity contribution in [3.63, 3.8) is 0 Å². The Morgan fingerprint density at radius 3 is 2.68 bits per heavy atom. The van der Waals surface area contributed by atoms with Gasteiger partial charge in [0.1, 0.15) is 0 Å². The molecule has 1 saturated heterocycles. The molecule has 2 aromatic rings. The van der Waals surface area contributed by atoms with Gasteiger partial charge in [0, 0.05) is 24.4 Å². The van der Waals surface area contributed by atoms with Crippen molar-refractivity contribution >= 4 is 22.1 Å². The highest BCUT2D eigenvalue weighted by atomic mass is 32.3. The number of nitrogens with zero attached hydrogens (tertiary/aromatic N) is 3. The Balaban J connectivity index is 1.78. The third-order valence-corrected chi connectivity index (χ3v) is 4.18. The summed E-state index contributed by atoms with van der Waals surface area (Å²) in [5, 5.41) is 7.66. The second kappa shape index (κ2) is 5.48. The summed E-state index contributed by atoms with van der Waals surface area (Å²) in [6, 6.07) is 9.00. The fraction of sp³-hybridized carbons (Fsp3) is 0.308. The van der Waals surface area contributed by atoms with E-state index in [1.54, 1.807) is 12.1 Å². The Labute approximate surface area is 126 Å². The van der Waals surface area contributed by atoms with E-state index in [0.29, 0.717) is 5.56 Å². The zero-order valence-corrected chi connectivity index (χ0v) is 12.2. The van der Waals surface area contributed by atoms with Gasteiger partial charge in [-0.15, -0.1) is 8.98 Å². The molecule has 1 aromatic carbocycles. The van der Waals surface area contributed by atoms with Gasteiger partial charge in [-0.25, -0.2) is 0 Å². The zero-order valence-electron chi connectivity index (χ0n) is 11.3. The van der Waals surface area contributed by atoms with Crippen LogP contribution in [0.2, 0.25) is 0 Å². The lowest BCUT2D eigenvalue weighted by molar-refractivity contribution is -0.117. The number of anilines is 1. The fourth-order valence-corrected chi connectivity index (χ4v) is 3.17. The summed E-state index contributed by atoms with van der Waals surface area (Å²) in [5.74, 6) is -1.41. The van der Waals surface area contributed by atoms with Crippen LogP contribution in [0.25, 0.3) is 11.5 Å². The molecular weight excluding hydrogens is 313 g/mol. The quantitative estimate of drug-likeness (QED) is 0.789. The molecule has 1 fully saturated rings. The molecule has 0 bridgehead atoms. The summed E-state index contributed by atoms with van der Waals surface area (Å²) in [6.45, 7) is 0.0401. The molecule has 3 rings (SSSR count). The molecule has 1 aromatic heterocycles. The molecule has 0 N–H and O–H groups in total. The highest BCUT2D eigenvalue weighted by Crippen LogP contribution is 2.27. The average Bonchev–Trinajstić information content (AvgIpc) is 3.05. The van der Waals surface area contributed by atoms with Crippen molar-refractivity contribution in [1.82, 2.24) is 10.2 Å². The predicted molar refractivity (Wildman–Crippen MR) is 75.1 cm³/mol. The predicted octanol–water partition coefficient (Wildman–Crippen LogP) is 1.39. The van der Waals surface area contributed by atoms with Crippen molar-refractivity contribution in [3.05, 3.63) is 30.3 Å². The summed E-state index contributed by atoms with van der Waals surface area (Å²) in [5.41, 5.74) is 0.704. The van der Waals surface area contributed by atoms with E-state index in [-0.39, 0.29) is 30.8 Å². The Morgan fingerprint density at radius 2 is 2.00 bits per heavy atom. The molecule has 7 nitrogen and oxygen atoms in total. The third kappa shape index (κ3) is 3.14. The topological polar surface area (TPSA) is 93.4 Å². The van der Waals surface area contributed by atoms with E-state index in [1.165, 1.54) is 4.90 Å². The smallest absolute Gasteiger partial charge is 0.325 e. The summed E-state index contributed by atoms with van der Waals surface area (Å²) >= 11 is 0. The first-order valence-electron chi connectivity index (χ1n) is 6.54. The summed E-state index contributed by atoms with van der Waals surface area (Å²) in [7, 11) is -4.62. The lowest BCUT2D eigenvalue weighted by atomic mass is 10.1. The largest absolute Gasteiger partial charge is 0.403 e. The van der Waals surface area contributed by atoms with Crippen molar-refractivity contribution in [2.75, 3.05) is 17.2 Å². The lowest BCUT2D eigenvalue weighted by Crippen LogP contribution is -2.25. The number of amides is 1. The van der Waals surface area contributed by atoms with Gasteiger partial charge in [0.15, 0.2) is 0 Å². The number of aromatic nitrogens is 2. The van der Waals surface area contributed by atoms with Crippen LogP contribution >= 0.6 is 0 Å². The Bertz CT molecular complexity index is 791. The normalized spacial score (nSPS) is 18.9. The molecule has 2 heterocycles. The summed E-state index contributed by atoms with van der Waals surface area (Å²) in [4.78, 5) is 13.1. The van der Waals surface area contributed by atoms with E-state index >= 15 is 0 Å². The monoisotopic (exact) mass is 325 g/mol. The second-order valence-electron chi connectivity index (χ2n) is 5.04. The molecule has 0 spiro atoms. The zero-order chi connectivity index (χ0) is 15.7. The molecule has 1 unspecified atom stereocenters. The second-order valence-corrected chi connectivity index (χ2v) is 6.45. The van der Waals surface area contributed by atoms with Gasteiger partial charge in [-0.3, -0.25) is 9.69 Å². The molecule has 1 aliphatic rings. The fourth-order valence-electron chi connectivity index (χ4n) is 2.38. The van der Waals surface area contributed by atoms with Crippen LogP contribution in [0.1, 0.15) is 6.42 Å². The van der Waals surface area contributed by atoms with Crippen molar-refractivity contribution < 1.29 is 21.5 Å². The van der Waals surface area contributed by atoms with Gasteiger partial charge in [-0.1, -0.05) is 23.3 Å². The number of carbonyl (C=O) groups is 1. The van der Waals surface area contributed by atoms with Crippen LogP contribution < -0.4 is 4.90 Å². The van der Waals surface area contributed by atoms with E-state index in [0.717, 1.165) is 0 Å². The van der Waals surface area contributed by atoms with Crippen LogP contribution in [0.3, 0.4) is 0 Å². The standard InChI is InChI=1S/C13H12FN3O4S/c14-22(19,20)8-9-6-11(18)17(7-9)13-16-15-12(21-13)10-4-2-1-3-5-10/h1-5,9H,6-8H2. The number of hydrogen-bond acceptors (Lipinski definition) is 6. The molecule has 22 heavy (non-hydrogen) atoms. The molecule has 0 aliphatic carbocycles. The third-order valence-electron chi connectivity index (χ3n) is 3.31. The van der Waals surface area contributed by atoms with Crippen LogP contribution in [-0.4, -0.2) is 36.8 Å². The molecule has 1 aliphatic heterocycles. The molecule has 0 saturated carbocycles. The number of carbonyl (C=O) groups excluding carboxylic acids is 1. The SMILES string of the molecule is O=C1CC(CS(=O)(=O)F)CN1c1nnc(-c2ccccc2)o1. The minimum Gasteiger partial charge on any atom is -0.403 e. The van der Waals surface area contributed by atoms with Gasteiger partial charge >= 0.3 is 16.2 Å². The maximum atomic E-state index is 12.7. The Hall–Kier alpha value is -2.29. The van der Waals surface area contributed by atoms with Crippen molar-refractivity contribution in [2.24, 2.45) is 5.92 Å². The lowest BCUT2D eigenvalue weighted by Gasteiger charge is -2.10. The van der Waals surface area contributed by atoms with Crippen molar-refractivity contribution in [2.45, 2.75) is 6.42 Å². The average molecular weight is 325 g/mol. The minimum absolute atomic E-state index is 0.0115. The van der Waals surface area contributed by atoms with Gasteiger partial charge in [0.05, 0.1) is 5.75 Å². The first-order chi connectivity index (χ1) is 10.4. The summed E-state index contributed by atoms with van der Waals surface area (Å²) in [6.07, 6.45) is -0.0633.